The minimum atomic E-state index is -3.73. The van der Waals surface area contributed by atoms with E-state index in [9.17, 15) is 13.2 Å². The summed E-state index contributed by atoms with van der Waals surface area (Å²) in [6.07, 6.45) is 3.73. The Kier molecular flexibility index (Phi) is 4.31. The normalized spacial score (nSPS) is 11.6. The summed E-state index contributed by atoms with van der Waals surface area (Å²) in [7, 11) is 1.38. The monoisotopic (exact) mass is 266 g/mol. The summed E-state index contributed by atoms with van der Waals surface area (Å²) in [6, 6.07) is 0. The highest BCUT2D eigenvalue weighted by molar-refractivity contribution is 8.13. The van der Waals surface area contributed by atoms with Gasteiger partial charge in [-0.1, -0.05) is 0 Å². The highest BCUT2D eigenvalue weighted by Gasteiger charge is 2.12. The molecular weight excluding hydrogens is 256 g/mol. The van der Waals surface area contributed by atoms with Gasteiger partial charge in [0.1, 0.15) is 4.90 Å². The fourth-order valence-electron chi connectivity index (χ4n) is 1.14. The summed E-state index contributed by atoms with van der Waals surface area (Å²) in [5.41, 5.74) is 0. The molecule has 0 aliphatic rings. The lowest BCUT2D eigenvalue weighted by atomic mass is 10.2. The predicted octanol–water partition coefficient (Wildman–Crippen LogP) is 1.07. The topological polar surface area (TPSA) is 89.3 Å². The lowest BCUT2D eigenvalue weighted by Gasteiger charge is -1.99. The van der Waals surface area contributed by atoms with Crippen LogP contribution in [0.2, 0.25) is 0 Å². The molecule has 6 nitrogen and oxygen atoms in total. The van der Waals surface area contributed by atoms with Crippen molar-refractivity contribution in [1.29, 1.82) is 0 Å². The van der Waals surface area contributed by atoms with Crippen LogP contribution in [0.15, 0.2) is 17.3 Å². The second kappa shape index (κ2) is 5.31. The molecule has 1 N–H and O–H groups in total. The quantitative estimate of drug-likeness (QED) is 0.614. The molecular formula is C8H11ClN2O4S. The van der Waals surface area contributed by atoms with Crippen LogP contribution in [0, 0.1) is 0 Å². The number of carboxylic acid groups (broad SMARTS) is 1. The summed E-state index contributed by atoms with van der Waals surface area (Å²) in [4.78, 5) is 10.2. The summed E-state index contributed by atoms with van der Waals surface area (Å²) in [5, 5.41) is 12.2. The third-order valence-corrected chi connectivity index (χ3v) is 3.23. The molecule has 0 fully saturated rings. The molecule has 0 aliphatic heterocycles. The van der Waals surface area contributed by atoms with Crippen LogP contribution in [0.4, 0.5) is 0 Å². The van der Waals surface area contributed by atoms with E-state index < -0.39 is 15.0 Å². The van der Waals surface area contributed by atoms with E-state index in [-0.39, 0.29) is 11.3 Å². The summed E-state index contributed by atoms with van der Waals surface area (Å²) in [6.45, 7) is 0.472. The number of nitrogens with zero attached hydrogens (tertiary/aromatic N) is 2. The second-order valence-corrected chi connectivity index (χ2v) is 5.79. The number of hydrogen-bond donors (Lipinski definition) is 1. The van der Waals surface area contributed by atoms with Gasteiger partial charge in [0, 0.05) is 29.8 Å². The van der Waals surface area contributed by atoms with Gasteiger partial charge in [-0.3, -0.25) is 9.48 Å². The molecule has 0 unspecified atom stereocenters. The molecule has 1 rings (SSSR count). The van der Waals surface area contributed by atoms with Crippen molar-refractivity contribution in [3.8, 4) is 0 Å². The van der Waals surface area contributed by atoms with Crippen molar-refractivity contribution in [3.63, 3.8) is 0 Å². The number of aromatic nitrogens is 2. The van der Waals surface area contributed by atoms with E-state index in [0.717, 1.165) is 0 Å². The third kappa shape index (κ3) is 4.19. The van der Waals surface area contributed by atoms with Gasteiger partial charge in [-0.25, -0.2) is 8.42 Å². The van der Waals surface area contributed by atoms with Crippen LogP contribution >= 0.6 is 10.7 Å². The summed E-state index contributed by atoms with van der Waals surface area (Å²) < 4.78 is 23.2. The lowest BCUT2D eigenvalue weighted by molar-refractivity contribution is -0.137. The molecule has 0 amide bonds. The van der Waals surface area contributed by atoms with Gasteiger partial charge < -0.3 is 5.11 Å². The maximum absolute atomic E-state index is 10.9. The molecule has 1 aromatic rings. The first-order chi connectivity index (χ1) is 7.39. The summed E-state index contributed by atoms with van der Waals surface area (Å²) >= 11 is 0. The molecule has 0 spiro atoms. The van der Waals surface area contributed by atoms with E-state index in [1.807, 2.05) is 0 Å². The molecule has 8 heteroatoms. The maximum atomic E-state index is 10.9. The number of aryl methyl sites for hydroxylation is 1. The average Bonchev–Trinajstić information content (AvgIpc) is 2.59. The Morgan fingerprint density at radius 1 is 1.50 bits per heavy atom. The van der Waals surface area contributed by atoms with Crippen molar-refractivity contribution in [1.82, 2.24) is 9.78 Å². The van der Waals surface area contributed by atoms with Crippen LogP contribution < -0.4 is 0 Å². The zero-order chi connectivity index (χ0) is 12.2. The number of halogens is 1. The van der Waals surface area contributed by atoms with Gasteiger partial charge >= 0.3 is 5.97 Å². The van der Waals surface area contributed by atoms with Crippen molar-refractivity contribution in [2.24, 2.45) is 0 Å². The summed E-state index contributed by atoms with van der Waals surface area (Å²) in [5.74, 6) is -0.843. The molecule has 0 saturated carbocycles. The zero-order valence-corrected chi connectivity index (χ0v) is 9.91. The van der Waals surface area contributed by atoms with Crippen LogP contribution in [0.25, 0.3) is 0 Å². The minimum absolute atomic E-state index is 0.0487. The molecule has 16 heavy (non-hydrogen) atoms. The van der Waals surface area contributed by atoms with E-state index in [0.29, 0.717) is 19.4 Å². The Labute approximate surface area is 97.3 Å². The number of unbranched alkanes of at least 4 members (excludes halogenated alkanes) is 1. The molecule has 0 atom stereocenters. The van der Waals surface area contributed by atoms with Crippen molar-refractivity contribution in [2.45, 2.75) is 30.7 Å². The van der Waals surface area contributed by atoms with Gasteiger partial charge in [0.25, 0.3) is 9.05 Å². The maximum Gasteiger partial charge on any atom is 0.303 e. The highest BCUT2D eigenvalue weighted by atomic mass is 35.7. The number of hydrogen-bond acceptors (Lipinski definition) is 4. The fourth-order valence-corrected chi connectivity index (χ4v) is 1.80. The van der Waals surface area contributed by atoms with Gasteiger partial charge in [0.2, 0.25) is 0 Å². The van der Waals surface area contributed by atoms with E-state index in [4.69, 9.17) is 15.8 Å². The van der Waals surface area contributed by atoms with E-state index in [1.54, 1.807) is 0 Å². The number of carboxylic acids is 1. The first kappa shape index (κ1) is 13.0. The third-order valence-electron chi connectivity index (χ3n) is 1.92. The zero-order valence-electron chi connectivity index (χ0n) is 8.34. The Balaban J connectivity index is 2.44. The molecule has 1 heterocycles. The van der Waals surface area contributed by atoms with E-state index in [1.165, 1.54) is 17.1 Å². The second-order valence-electron chi connectivity index (χ2n) is 3.23. The SMILES string of the molecule is O=C(O)CCCCn1cc(S(=O)(=O)Cl)cn1. The number of rotatable bonds is 6. The van der Waals surface area contributed by atoms with Crippen LogP contribution in [0.5, 0.6) is 0 Å². The molecule has 0 radical (unpaired) electrons. The van der Waals surface area contributed by atoms with Crippen LogP contribution in [-0.2, 0) is 20.4 Å². The largest absolute Gasteiger partial charge is 0.481 e. The highest BCUT2D eigenvalue weighted by Crippen LogP contribution is 2.13. The van der Waals surface area contributed by atoms with Crippen LogP contribution in [-0.4, -0.2) is 29.3 Å². The lowest BCUT2D eigenvalue weighted by Crippen LogP contribution is -2.00. The first-order valence-corrected chi connectivity index (χ1v) is 6.89. The molecule has 90 valence electrons. The first-order valence-electron chi connectivity index (χ1n) is 4.58. The van der Waals surface area contributed by atoms with Crippen molar-refractivity contribution in [2.75, 3.05) is 0 Å². The molecule has 0 aromatic carbocycles. The predicted molar refractivity (Wildman–Crippen MR) is 56.8 cm³/mol. The van der Waals surface area contributed by atoms with Crippen molar-refractivity contribution >= 4 is 25.7 Å². The van der Waals surface area contributed by atoms with Gasteiger partial charge in [-0.05, 0) is 12.8 Å². The average molecular weight is 267 g/mol. The van der Waals surface area contributed by atoms with Gasteiger partial charge in [0.15, 0.2) is 0 Å². The van der Waals surface area contributed by atoms with E-state index in [2.05, 4.69) is 5.10 Å². The van der Waals surface area contributed by atoms with Crippen LogP contribution in [0.3, 0.4) is 0 Å². The molecule has 0 bridgehead atoms. The van der Waals surface area contributed by atoms with Gasteiger partial charge in [0.05, 0.1) is 6.20 Å². The smallest absolute Gasteiger partial charge is 0.303 e. The molecule has 1 aromatic heterocycles. The van der Waals surface area contributed by atoms with Gasteiger partial charge in [-0.2, -0.15) is 5.10 Å². The minimum Gasteiger partial charge on any atom is -0.481 e. The standard InChI is InChI=1S/C8H11ClN2O4S/c9-16(14,15)7-5-10-11(6-7)4-2-1-3-8(12)13/h5-6H,1-4H2,(H,12,13). The Hall–Kier alpha value is -1.08. The number of carbonyl (C=O) groups is 1. The Morgan fingerprint density at radius 3 is 2.69 bits per heavy atom. The Morgan fingerprint density at radius 2 is 2.19 bits per heavy atom. The Bertz CT molecular complexity index is 468. The van der Waals surface area contributed by atoms with E-state index >= 15 is 0 Å². The van der Waals surface area contributed by atoms with Gasteiger partial charge in [-0.15, -0.1) is 0 Å². The van der Waals surface area contributed by atoms with Crippen molar-refractivity contribution in [3.05, 3.63) is 12.4 Å². The number of aliphatic carboxylic acids is 1. The molecule has 0 saturated heterocycles. The van der Waals surface area contributed by atoms with Crippen molar-refractivity contribution < 1.29 is 18.3 Å². The van der Waals surface area contributed by atoms with Crippen LogP contribution in [0.1, 0.15) is 19.3 Å². The fraction of sp³-hybridized carbons (Fsp3) is 0.500. The molecule has 0 aliphatic carbocycles.